The highest BCUT2D eigenvalue weighted by Gasteiger charge is 2.49. The van der Waals surface area contributed by atoms with Crippen molar-refractivity contribution in [3.63, 3.8) is 0 Å². The maximum atomic E-state index is 13.1. The number of piperidine rings is 1. The second-order valence-electron chi connectivity index (χ2n) is 10.6. The highest BCUT2D eigenvalue weighted by molar-refractivity contribution is 7.87. The van der Waals surface area contributed by atoms with Crippen LogP contribution in [-0.2, 0) is 35.1 Å². The van der Waals surface area contributed by atoms with Crippen LogP contribution < -0.4 is 5.32 Å². The monoisotopic (exact) mass is 592 g/mol. The number of benzene rings is 1. The molecular formula is C26H35F3N2O8S. The van der Waals surface area contributed by atoms with Crippen LogP contribution in [0.5, 0.6) is 0 Å². The van der Waals surface area contributed by atoms with E-state index in [0.717, 1.165) is 5.56 Å². The summed E-state index contributed by atoms with van der Waals surface area (Å²) in [5.74, 6) is -0.301. The van der Waals surface area contributed by atoms with Crippen LogP contribution in [0.2, 0.25) is 0 Å². The first-order chi connectivity index (χ1) is 18.6. The van der Waals surface area contributed by atoms with Gasteiger partial charge < -0.3 is 28.6 Å². The maximum Gasteiger partial charge on any atom is 0.534 e. The molecule has 0 aromatic heterocycles. The Morgan fingerprint density at radius 1 is 1.10 bits per heavy atom. The summed E-state index contributed by atoms with van der Waals surface area (Å²) in [6, 6.07) is 8.03. The smallest absolute Gasteiger partial charge is 0.445 e. The first-order valence-corrected chi connectivity index (χ1v) is 14.3. The van der Waals surface area contributed by atoms with Gasteiger partial charge in [-0.05, 0) is 58.1 Å². The third-order valence-electron chi connectivity index (χ3n) is 6.24. The number of nitrogens with zero attached hydrogens (tertiary/aromatic N) is 1. The summed E-state index contributed by atoms with van der Waals surface area (Å²) in [5.41, 5.74) is -5.44. The van der Waals surface area contributed by atoms with Crippen LogP contribution in [0.3, 0.4) is 0 Å². The zero-order chi connectivity index (χ0) is 29.6. The van der Waals surface area contributed by atoms with Crippen LogP contribution >= 0.6 is 0 Å². The number of hydrogen-bond donors (Lipinski definition) is 1. The Balaban J connectivity index is 1.66. The van der Waals surface area contributed by atoms with Gasteiger partial charge in [0.05, 0.1) is 24.8 Å². The molecule has 2 amide bonds. The number of amides is 2. The molecule has 1 aromatic carbocycles. The van der Waals surface area contributed by atoms with Gasteiger partial charge in [0.2, 0.25) is 0 Å². The Bertz CT molecular complexity index is 1150. The minimum atomic E-state index is -5.74. The molecular weight excluding hydrogens is 557 g/mol. The molecule has 1 fully saturated rings. The van der Waals surface area contributed by atoms with Gasteiger partial charge in [0.15, 0.2) is 0 Å². The van der Waals surface area contributed by atoms with Crippen molar-refractivity contribution in [3.8, 4) is 0 Å². The van der Waals surface area contributed by atoms with Crippen molar-refractivity contribution >= 4 is 22.3 Å². The molecule has 2 aliphatic rings. The average molecular weight is 593 g/mol. The van der Waals surface area contributed by atoms with Gasteiger partial charge in [-0.2, -0.15) is 21.6 Å². The molecule has 1 N–H and O–H groups in total. The van der Waals surface area contributed by atoms with E-state index in [1.54, 1.807) is 20.8 Å². The lowest BCUT2D eigenvalue weighted by Gasteiger charge is -2.41. The average Bonchev–Trinajstić information content (AvgIpc) is 2.86. The predicted octanol–water partition coefficient (Wildman–Crippen LogP) is 5.00. The van der Waals surface area contributed by atoms with E-state index >= 15 is 0 Å². The Labute approximate surface area is 231 Å². The number of ether oxygens (including phenoxy) is 3. The van der Waals surface area contributed by atoms with Crippen LogP contribution in [0.25, 0.3) is 0 Å². The molecule has 1 aliphatic heterocycles. The van der Waals surface area contributed by atoms with Crippen molar-refractivity contribution in [2.45, 2.75) is 88.8 Å². The Kier molecular flexibility index (Phi) is 10.3. The number of rotatable bonds is 8. The first-order valence-electron chi connectivity index (χ1n) is 12.9. The van der Waals surface area contributed by atoms with Gasteiger partial charge in [0, 0.05) is 13.0 Å². The molecule has 3 atom stereocenters. The molecule has 3 rings (SSSR count). The SMILES string of the molecule is CC(C)(C)OC(=O)N[C@H]1CCCN(C(=O)OCc2ccccc2)[C@H]1COC1CC=C(OS(=O)(=O)C(F)(F)F)CC1. The standard InChI is InChI=1S/C26H35F3N2O8S/c1-25(2,3)38-23(32)30-21-10-7-15-31(24(33)37-16-18-8-5-4-6-9-18)22(21)17-36-19-11-13-20(14-12-19)39-40(34,35)26(27,28)29/h4-6,8-9,13,19,21-22H,7,10-12,14-17H2,1-3H3,(H,30,32)/t19?,21-,22-/m0/s1. The molecule has 224 valence electrons. The molecule has 40 heavy (non-hydrogen) atoms. The lowest BCUT2D eigenvalue weighted by atomic mass is 9.96. The van der Waals surface area contributed by atoms with Crippen LogP contribution in [0.15, 0.2) is 42.2 Å². The summed E-state index contributed by atoms with van der Waals surface area (Å²) < 4.78 is 81.5. The van der Waals surface area contributed by atoms with Gasteiger partial charge in [0.1, 0.15) is 18.0 Å². The molecule has 0 bridgehead atoms. The van der Waals surface area contributed by atoms with E-state index in [4.69, 9.17) is 14.2 Å². The largest absolute Gasteiger partial charge is 0.534 e. The molecule has 1 unspecified atom stereocenters. The number of alkyl carbamates (subject to hydrolysis) is 1. The summed E-state index contributed by atoms with van der Waals surface area (Å²) in [6.45, 7) is 5.62. The molecule has 10 nitrogen and oxygen atoms in total. The summed E-state index contributed by atoms with van der Waals surface area (Å²) in [7, 11) is -5.74. The zero-order valence-electron chi connectivity index (χ0n) is 22.6. The third kappa shape index (κ3) is 9.29. The van der Waals surface area contributed by atoms with Gasteiger partial charge in [-0.25, -0.2) is 9.59 Å². The molecule has 0 radical (unpaired) electrons. The molecule has 1 aliphatic carbocycles. The van der Waals surface area contributed by atoms with E-state index in [9.17, 15) is 31.2 Å². The fourth-order valence-electron chi connectivity index (χ4n) is 4.36. The number of hydrogen-bond acceptors (Lipinski definition) is 8. The predicted molar refractivity (Wildman–Crippen MR) is 137 cm³/mol. The third-order valence-corrected chi connectivity index (χ3v) is 7.25. The number of likely N-dealkylation sites (tertiary alicyclic amines) is 1. The number of nitrogens with one attached hydrogen (secondary N) is 1. The van der Waals surface area contributed by atoms with E-state index in [-0.39, 0.29) is 38.2 Å². The number of carbonyl (C=O) groups is 2. The van der Waals surface area contributed by atoms with E-state index in [1.807, 2.05) is 30.3 Å². The number of halogens is 3. The Hall–Kier alpha value is -3.00. The van der Waals surface area contributed by atoms with E-state index in [0.29, 0.717) is 19.4 Å². The second kappa shape index (κ2) is 13.1. The molecule has 14 heteroatoms. The van der Waals surface area contributed by atoms with Crippen molar-refractivity contribution in [1.82, 2.24) is 10.2 Å². The summed E-state index contributed by atoms with van der Waals surface area (Å²) in [4.78, 5) is 27.1. The van der Waals surface area contributed by atoms with Gasteiger partial charge >= 0.3 is 27.8 Å². The number of allylic oxidation sites excluding steroid dienone is 1. The molecule has 0 saturated carbocycles. The fourth-order valence-corrected chi connectivity index (χ4v) is 4.88. The minimum absolute atomic E-state index is 0.00352. The number of alkyl halides is 3. The highest BCUT2D eigenvalue weighted by atomic mass is 32.2. The van der Waals surface area contributed by atoms with Crippen molar-refractivity contribution in [2.24, 2.45) is 0 Å². The van der Waals surface area contributed by atoms with Gasteiger partial charge in [-0.3, -0.25) is 0 Å². The molecule has 1 heterocycles. The van der Waals surface area contributed by atoms with Gasteiger partial charge in [-0.15, -0.1) is 0 Å². The van der Waals surface area contributed by atoms with Crippen molar-refractivity contribution in [3.05, 3.63) is 47.7 Å². The first kappa shape index (κ1) is 31.5. The summed E-state index contributed by atoms with van der Waals surface area (Å²) >= 11 is 0. The van der Waals surface area contributed by atoms with Crippen molar-refractivity contribution in [1.29, 1.82) is 0 Å². The minimum Gasteiger partial charge on any atom is -0.445 e. The number of carbonyl (C=O) groups excluding carboxylic acids is 2. The Morgan fingerprint density at radius 2 is 1.80 bits per heavy atom. The van der Waals surface area contributed by atoms with Crippen LogP contribution in [0.4, 0.5) is 22.8 Å². The highest BCUT2D eigenvalue weighted by Crippen LogP contribution is 2.31. The van der Waals surface area contributed by atoms with E-state index in [2.05, 4.69) is 9.50 Å². The lowest BCUT2D eigenvalue weighted by Crippen LogP contribution is -2.59. The fraction of sp³-hybridized carbons (Fsp3) is 0.615. The topological polar surface area (TPSA) is 120 Å². The summed E-state index contributed by atoms with van der Waals surface area (Å²) in [5, 5.41) is 2.82. The van der Waals surface area contributed by atoms with Crippen molar-refractivity contribution in [2.75, 3.05) is 13.2 Å². The van der Waals surface area contributed by atoms with Gasteiger partial charge in [-0.1, -0.05) is 30.3 Å². The zero-order valence-corrected chi connectivity index (χ0v) is 23.4. The van der Waals surface area contributed by atoms with E-state index < -0.39 is 51.6 Å². The molecule has 0 spiro atoms. The van der Waals surface area contributed by atoms with Crippen LogP contribution in [0, 0.1) is 0 Å². The maximum absolute atomic E-state index is 13.1. The molecule has 1 aromatic rings. The van der Waals surface area contributed by atoms with Gasteiger partial charge in [0.25, 0.3) is 0 Å². The lowest BCUT2D eigenvalue weighted by molar-refractivity contribution is -0.0529. The normalized spacial score (nSPS) is 22.2. The Morgan fingerprint density at radius 3 is 2.40 bits per heavy atom. The molecule has 1 saturated heterocycles. The summed E-state index contributed by atoms with van der Waals surface area (Å²) in [6.07, 6.45) is 0.943. The van der Waals surface area contributed by atoms with Crippen LogP contribution in [-0.4, -0.2) is 68.0 Å². The quantitative estimate of drug-likeness (QED) is 0.331. The van der Waals surface area contributed by atoms with Crippen LogP contribution in [0.1, 0.15) is 58.4 Å². The van der Waals surface area contributed by atoms with E-state index in [1.165, 1.54) is 11.0 Å². The second-order valence-corrected chi connectivity index (χ2v) is 12.1. The van der Waals surface area contributed by atoms with Crippen molar-refractivity contribution < 1.29 is 49.6 Å².